The first kappa shape index (κ1) is 23.0. The molecule has 7 heteroatoms. The van der Waals surface area contributed by atoms with Crippen LogP contribution >= 0.6 is 0 Å². The van der Waals surface area contributed by atoms with Gasteiger partial charge in [0, 0.05) is 16.8 Å². The number of hydrogen-bond acceptors (Lipinski definition) is 2. The van der Waals surface area contributed by atoms with Crippen LogP contribution in [0.5, 0.6) is 0 Å². The van der Waals surface area contributed by atoms with E-state index in [1.807, 2.05) is 25.1 Å². The van der Waals surface area contributed by atoms with Gasteiger partial charge in [0.25, 0.3) is 11.5 Å². The summed E-state index contributed by atoms with van der Waals surface area (Å²) in [6, 6.07) is 25.7. The number of halogens is 2. The summed E-state index contributed by atoms with van der Waals surface area (Å²) >= 11 is 0. The van der Waals surface area contributed by atoms with Crippen molar-refractivity contribution in [3.8, 4) is 28.1 Å². The van der Waals surface area contributed by atoms with E-state index >= 15 is 0 Å². The van der Waals surface area contributed by atoms with Gasteiger partial charge in [-0.05, 0) is 72.6 Å². The molecule has 4 aromatic carbocycles. The number of H-pyrrole nitrogens is 1. The van der Waals surface area contributed by atoms with Crippen molar-refractivity contribution in [1.29, 1.82) is 0 Å². The molecule has 0 bridgehead atoms. The molecule has 0 spiro atoms. The topological polar surface area (TPSA) is 66.9 Å². The van der Waals surface area contributed by atoms with E-state index in [1.54, 1.807) is 48.5 Å². The zero-order valence-electron chi connectivity index (χ0n) is 19.3. The SMILES string of the molecule is Cc1cccc(-n2[nH]c(-c3ccccc3F)c(-c3ccc(NC(=O)c4cccc(F)c4)cc3)c2=O)c1. The van der Waals surface area contributed by atoms with Gasteiger partial charge in [-0.25, -0.2) is 13.5 Å². The quantitative estimate of drug-likeness (QED) is 0.308. The lowest BCUT2D eigenvalue weighted by Gasteiger charge is -2.08. The Morgan fingerprint density at radius 2 is 1.61 bits per heavy atom. The molecule has 1 amide bonds. The van der Waals surface area contributed by atoms with Crippen molar-refractivity contribution in [2.45, 2.75) is 6.92 Å². The van der Waals surface area contributed by atoms with E-state index < -0.39 is 17.5 Å². The van der Waals surface area contributed by atoms with E-state index in [0.29, 0.717) is 28.2 Å². The predicted octanol–water partition coefficient (Wildman–Crippen LogP) is 6.34. The van der Waals surface area contributed by atoms with Crippen molar-refractivity contribution in [2.24, 2.45) is 0 Å². The molecule has 0 saturated heterocycles. The molecule has 2 N–H and O–H groups in total. The first-order chi connectivity index (χ1) is 17.4. The smallest absolute Gasteiger partial charge is 0.279 e. The lowest BCUT2D eigenvalue weighted by Crippen LogP contribution is -2.15. The minimum atomic E-state index is -0.504. The van der Waals surface area contributed by atoms with Crippen molar-refractivity contribution in [2.75, 3.05) is 5.32 Å². The van der Waals surface area contributed by atoms with Crippen LogP contribution in [0, 0.1) is 18.6 Å². The highest BCUT2D eigenvalue weighted by Crippen LogP contribution is 2.31. The Hall–Kier alpha value is -4.78. The van der Waals surface area contributed by atoms with Gasteiger partial charge in [0.05, 0.1) is 16.9 Å². The minimum absolute atomic E-state index is 0.188. The van der Waals surface area contributed by atoms with E-state index in [2.05, 4.69) is 10.4 Å². The molecule has 0 aliphatic rings. The molecule has 0 saturated carbocycles. The Bertz CT molecular complexity index is 1640. The summed E-state index contributed by atoms with van der Waals surface area (Å²) in [5.74, 6) is -1.43. The number of hydrogen-bond donors (Lipinski definition) is 2. The van der Waals surface area contributed by atoms with E-state index in [-0.39, 0.29) is 16.7 Å². The molecule has 0 unspecified atom stereocenters. The van der Waals surface area contributed by atoms with Gasteiger partial charge in [0.2, 0.25) is 0 Å². The van der Waals surface area contributed by atoms with Crippen LogP contribution in [0.2, 0.25) is 0 Å². The Kier molecular flexibility index (Phi) is 6.04. The van der Waals surface area contributed by atoms with E-state index in [9.17, 15) is 18.4 Å². The average molecular weight is 482 g/mol. The number of carbonyl (C=O) groups is 1. The number of benzene rings is 4. The highest BCUT2D eigenvalue weighted by molar-refractivity contribution is 6.04. The van der Waals surface area contributed by atoms with E-state index in [1.165, 1.54) is 28.9 Å². The number of aryl methyl sites for hydroxylation is 1. The van der Waals surface area contributed by atoms with Gasteiger partial charge in [0.15, 0.2) is 0 Å². The number of aromatic amines is 1. The Morgan fingerprint density at radius 1 is 0.861 bits per heavy atom. The number of aromatic nitrogens is 2. The second-order valence-corrected chi connectivity index (χ2v) is 8.36. The van der Waals surface area contributed by atoms with E-state index in [0.717, 1.165) is 11.6 Å². The van der Waals surface area contributed by atoms with Gasteiger partial charge in [-0.3, -0.25) is 14.7 Å². The summed E-state index contributed by atoms with van der Waals surface area (Å²) in [6.07, 6.45) is 0. The molecule has 0 aliphatic heterocycles. The molecule has 1 heterocycles. The summed E-state index contributed by atoms with van der Waals surface area (Å²) in [5.41, 5.74) is 3.37. The third kappa shape index (κ3) is 4.46. The zero-order valence-corrected chi connectivity index (χ0v) is 19.3. The molecule has 36 heavy (non-hydrogen) atoms. The summed E-state index contributed by atoms with van der Waals surface area (Å²) in [4.78, 5) is 26.0. The second kappa shape index (κ2) is 9.46. The summed E-state index contributed by atoms with van der Waals surface area (Å²) < 4.78 is 29.6. The summed E-state index contributed by atoms with van der Waals surface area (Å²) in [7, 11) is 0. The lowest BCUT2D eigenvalue weighted by molar-refractivity contribution is 0.102. The third-order valence-electron chi connectivity index (χ3n) is 5.81. The molecule has 5 aromatic rings. The fourth-order valence-electron chi connectivity index (χ4n) is 4.07. The highest BCUT2D eigenvalue weighted by Gasteiger charge is 2.21. The third-order valence-corrected chi connectivity index (χ3v) is 5.81. The standard InChI is InChI=1S/C29H21F2N3O2/c1-18-6-4-9-23(16-18)34-29(36)26(27(33-34)24-10-2-3-11-25(24)31)19-12-14-22(15-13-19)32-28(35)20-7-5-8-21(30)17-20/h2-17,33H,1H3,(H,32,35). The van der Waals surface area contributed by atoms with Crippen LogP contribution in [0.3, 0.4) is 0 Å². The van der Waals surface area contributed by atoms with Crippen LogP contribution in [0.25, 0.3) is 28.1 Å². The fourth-order valence-corrected chi connectivity index (χ4v) is 4.07. The Labute approximate surface area is 205 Å². The molecule has 1 aromatic heterocycles. The van der Waals surface area contributed by atoms with Gasteiger partial charge in [-0.2, -0.15) is 0 Å². The van der Waals surface area contributed by atoms with E-state index in [4.69, 9.17) is 0 Å². The van der Waals surface area contributed by atoms with Crippen molar-refractivity contribution < 1.29 is 13.6 Å². The number of nitrogens with zero attached hydrogens (tertiary/aromatic N) is 1. The molecule has 0 aliphatic carbocycles. The zero-order chi connectivity index (χ0) is 25.2. The number of rotatable bonds is 5. The number of nitrogens with one attached hydrogen (secondary N) is 2. The van der Waals surface area contributed by atoms with Crippen LogP contribution in [0.1, 0.15) is 15.9 Å². The van der Waals surface area contributed by atoms with Gasteiger partial charge >= 0.3 is 0 Å². The molecule has 0 radical (unpaired) electrons. The molecular weight excluding hydrogens is 460 g/mol. The maximum Gasteiger partial charge on any atom is 0.279 e. The molecule has 0 atom stereocenters. The van der Waals surface area contributed by atoms with Gasteiger partial charge in [0.1, 0.15) is 11.6 Å². The first-order valence-electron chi connectivity index (χ1n) is 11.2. The van der Waals surface area contributed by atoms with Crippen molar-refractivity contribution in [3.05, 3.63) is 130 Å². The number of amides is 1. The maximum absolute atomic E-state index is 14.8. The summed E-state index contributed by atoms with van der Waals surface area (Å²) in [5, 5.41) is 5.80. The average Bonchev–Trinajstić information content (AvgIpc) is 3.21. The van der Waals surface area contributed by atoms with Crippen LogP contribution < -0.4 is 10.9 Å². The molecule has 178 valence electrons. The monoisotopic (exact) mass is 481 g/mol. The molecule has 0 fully saturated rings. The Balaban J connectivity index is 1.56. The number of anilines is 1. The van der Waals surface area contributed by atoms with Crippen molar-refractivity contribution in [1.82, 2.24) is 9.78 Å². The maximum atomic E-state index is 14.8. The Morgan fingerprint density at radius 3 is 2.33 bits per heavy atom. The first-order valence-corrected chi connectivity index (χ1v) is 11.2. The molecule has 5 rings (SSSR count). The molecular formula is C29H21F2N3O2. The second-order valence-electron chi connectivity index (χ2n) is 8.36. The minimum Gasteiger partial charge on any atom is -0.322 e. The lowest BCUT2D eigenvalue weighted by atomic mass is 10.0. The predicted molar refractivity (Wildman–Crippen MR) is 136 cm³/mol. The van der Waals surface area contributed by atoms with Crippen LogP contribution in [0.15, 0.2) is 102 Å². The van der Waals surface area contributed by atoms with Gasteiger partial charge < -0.3 is 5.32 Å². The van der Waals surface area contributed by atoms with Crippen molar-refractivity contribution in [3.63, 3.8) is 0 Å². The summed E-state index contributed by atoms with van der Waals surface area (Å²) in [6.45, 7) is 1.92. The largest absolute Gasteiger partial charge is 0.322 e. The van der Waals surface area contributed by atoms with Gasteiger partial charge in [-0.1, -0.05) is 42.5 Å². The van der Waals surface area contributed by atoms with Crippen LogP contribution in [-0.4, -0.2) is 15.7 Å². The van der Waals surface area contributed by atoms with Gasteiger partial charge in [-0.15, -0.1) is 0 Å². The molecule has 5 nitrogen and oxygen atoms in total. The van der Waals surface area contributed by atoms with Crippen LogP contribution in [0.4, 0.5) is 14.5 Å². The van der Waals surface area contributed by atoms with Crippen LogP contribution in [-0.2, 0) is 0 Å². The number of carbonyl (C=O) groups excluding carboxylic acids is 1. The fraction of sp³-hybridized carbons (Fsp3) is 0.0345. The van der Waals surface area contributed by atoms with Crippen molar-refractivity contribution >= 4 is 11.6 Å². The highest BCUT2D eigenvalue weighted by atomic mass is 19.1. The normalized spacial score (nSPS) is 10.9.